The monoisotopic (exact) mass is 232 g/mol. The average molecular weight is 232 g/mol. The van der Waals surface area contributed by atoms with Crippen LogP contribution in [0.1, 0.15) is 24.0 Å². The molecule has 3 nitrogen and oxygen atoms in total. The van der Waals surface area contributed by atoms with E-state index in [0.717, 1.165) is 25.2 Å². The first kappa shape index (κ1) is 12.1. The molecule has 1 amide bonds. The summed E-state index contributed by atoms with van der Waals surface area (Å²) < 4.78 is 0. The third kappa shape index (κ3) is 3.56. The van der Waals surface area contributed by atoms with Gasteiger partial charge in [-0.25, -0.2) is 0 Å². The molecular weight excluding hydrogens is 212 g/mol. The number of rotatable bonds is 3. The van der Waals surface area contributed by atoms with E-state index in [1.807, 2.05) is 26.0 Å². The van der Waals surface area contributed by atoms with Gasteiger partial charge in [0.1, 0.15) is 0 Å². The van der Waals surface area contributed by atoms with Gasteiger partial charge in [-0.1, -0.05) is 6.07 Å². The van der Waals surface area contributed by atoms with Gasteiger partial charge in [-0.2, -0.15) is 0 Å². The predicted molar refractivity (Wildman–Crippen MR) is 70.1 cm³/mol. The lowest BCUT2D eigenvalue weighted by molar-refractivity contribution is -0.116. The fourth-order valence-electron chi connectivity index (χ4n) is 2.41. The Bertz CT molecular complexity index is 388. The summed E-state index contributed by atoms with van der Waals surface area (Å²) in [4.78, 5) is 11.9. The number of aryl methyl sites for hydroxylation is 2. The Morgan fingerprint density at radius 3 is 2.65 bits per heavy atom. The van der Waals surface area contributed by atoms with Crippen molar-refractivity contribution in [2.75, 3.05) is 18.4 Å². The Labute approximate surface area is 103 Å². The molecule has 17 heavy (non-hydrogen) atoms. The second-order valence-electron chi connectivity index (χ2n) is 4.99. The highest BCUT2D eigenvalue weighted by atomic mass is 16.1. The Balaban J connectivity index is 1.92. The maximum absolute atomic E-state index is 11.9. The highest BCUT2D eigenvalue weighted by molar-refractivity contribution is 5.91. The molecule has 1 aliphatic heterocycles. The minimum absolute atomic E-state index is 0.128. The molecule has 0 spiro atoms. The lowest BCUT2D eigenvalue weighted by atomic mass is 10.0. The number of carbonyl (C=O) groups is 1. The molecule has 2 rings (SSSR count). The van der Waals surface area contributed by atoms with E-state index in [-0.39, 0.29) is 5.91 Å². The Hall–Kier alpha value is -1.35. The van der Waals surface area contributed by atoms with Crippen LogP contribution in [0.3, 0.4) is 0 Å². The molecule has 1 saturated heterocycles. The van der Waals surface area contributed by atoms with E-state index in [1.165, 1.54) is 11.1 Å². The zero-order valence-corrected chi connectivity index (χ0v) is 10.5. The highest BCUT2D eigenvalue weighted by Crippen LogP contribution is 2.16. The molecule has 0 bridgehead atoms. The summed E-state index contributed by atoms with van der Waals surface area (Å²) in [5, 5.41) is 6.26. The van der Waals surface area contributed by atoms with Gasteiger partial charge in [-0.15, -0.1) is 0 Å². The average Bonchev–Trinajstić information content (AvgIpc) is 2.67. The summed E-state index contributed by atoms with van der Waals surface area (Å²) in [6.45, 7) is 6.11. The molecule has 0 aromatic heterocycles. The Kier molecular flexibility index (Phi) is 3.79. The van der Waals surface area contributed by atoms with Gasteiger partial charge in [0.25, 0.3) is 0 Å². The van der Waals surface area contributed by atoms with Gasteiger partial charge < -0.3 is 10.6 Å². The van der Waals surface area contributed by atoms with Crippen molar-refractivity contribution >= 4 is 11.6 Å². The summed E-state index contributed by atoms with van der Waals surface area (Å²) in [7, 11) is 0. The zero-order chi connectivity index (χ0) is 12.3. The summed E-state index contributed by atoms with van der Waals surface area (Å²) in [6.07, 6.45) is 1.74. The number of nitrogens with one attached hydrogen (secondary N) is 2. The van der Waals surface area contributed by atoms with Crippen molar-refractivity contribution in [3.63, 3.8) is 0 Å². The van der Waals surface area contributed by atoms with E-state index in [4.69, 9.17) is 0 Å². The molecular formula is C14H20N2O. The van der Waals surface area contributed by atoms with Crippen LogP contribution in [0.25, 0.3) is 0 Å². The Morgan fingerprint density at radius 1 is 1.35 bits per heavy atom. The van der Waals surface area contributed by atoms with Crippen molar-refractivity contribution < 1.29 is 4.79 Å². The first-order chi connectivity index (χ1) is 8.13. The van der Waals surface area contributed by atoms with Crippen LogP contribution in [-0.4, -0.2) is 19.0 Å². The fraction of sp³-hybridized carbons (Fsp3) is 0.500. The number of carbonyl (C=O) groups excluding carboxylic acids is 1. The fourth-order valence-corrected chi connectivity index (χ4v) is 2.41. The van der Waals surface area contributed by atoms with Crippen molar-refractivity contribution in [3.05, 3.63) is 29.3 Å². The zero-order valence-electron chi connectivity index (χ0n) is 10.5. The van der Waals surface area contributed by atoms with Gasteiger partial charge in [0.15, 0.2) is 0 Å². The summed E-state index contributed by atoms with van der Waals surface area (Å²) >= 11 is 0. The Morgan fingerprint density at radius 2 is 2.06 bits per heavy atom. The maximum atomic E-state index is 11.9. The molecule has 1 atom stereocenters. The first-order valence-corrected chi connectivity index (χ1v) is 6.22. The van der Waals surface area contributed by atoms with Crippen LogP contribution in [0.5, 0.6) is 0 Å². The number of hydrogen-bond donors (Lipinski definition) is 2. The lowest BCUT2D eigenvalue weighted by Gasteiger charge is -2.10. The maximum Gasteiger partial charge on any atom is 0.224 e. The number of anilines is 1. The highest BCUT2D eigenvalue weighted by Gasteiger charge is 2.17. The van der Waals surface area contributed by atoms with Crippen molar-refractivity contribution in [2.45, 2.75) is 26.7 Å². The minimum Gasteiger partial charge on any atom is -0.326 e. The molecule has 0 saturated carbocycles. The summed E-state index contributed by atoms with van der Waals surface area (Å²) in [5.41, 5.74) is 3.28. The van der Waals surface area contributed by atoms with Crippen LogP contribution < -0.4 is 10.6 Å². The molecule has 3 heteroatoms. The second kappa shape index (κ2) is 5.32. The van der Waals surface area contributed by atoms with E-state index >= 15 is 0 Å². The molecule has 1 aromatic carbocycles. The predicted octanol–water partition coefficient (Wildman–Crippen LogP) is 2.24. The second-order valence-corrected chi connectivity index (χ2v) is 4.99. The van der Waals surface area contributed by atoms with Crippen LogP contribution in [0.15, 0.2) is 18.2 Å². The van der Waals surface area contributed by atoms with E-state index < -0.39 is 0 Å². The van der Waals surface area contributed by atoms with Crippen LogP contribution in [0.2, 0.25) is 0 Å². The minimum atomic E-state index is 0.128. The summed E-state index contributed by atoms with van der Waals surface area (Å²) in [5.74, 6) is 0.629. The van der Waals surface area contributed by atoms with Crippen molar-refractivity contribution in [3.8, 4) is 0 Å². The third-order valence-corrected chi connectivity index (χ3v) is 3.14. The van der Waals surface area contributed by atoms with Gasteiger partial charge in [0.05, 0.1) is 0 Å². The van der Waals surface area contributed by atoms with Crippen LogP contribution in [0.4, 0.5) is 5.69 Å². The molecule has 92 valence electrons. The molecule has 0 radical (unpaired) electrons. The van der Waals surface area contributed by atoms with Gasteiger partial charge in [-0.05, 0) is 62.5 Å². The largest absolute Gasteiger partial charge is 0.326 e. The van der Waals surface area contributed by atoms with Gasteiger partial charge in [0, 0.05) is 12.1 Å². The third-order valence-electron chi connectivity index (χ3n) is 3.14. The smallest absolute Gasteiger partial charge is 0.224 e. The van der Waals surface area contributed by atoms with Crippen LogP contribution >= 0.6 is 0 Å². The van der Waals surface area contributed by atoms with Gasteiger partial charge in [-0.3, -0.25) is 4.79 Å². The first-order valence-electron chi connectivity index (χ1n) is 6.22. The number of benzene rings is 1. The number of hydrogen-bond acceptors (Lipinski definition) is 2. The molecule has 0 aliphatic carbocycles. The van der Waals surface area contributed by atoms with E-state index in [9.17, 15) is 4.79 Å². The molecule has 1 fully saturated rings. The molecule has 1 unspecified atom stereocenters. The van der Waals surface area contributed by atoms with Crippen molar-refractivity contribution in [1.82, 2.24) is 5.32 Å². The lowest BCUT2D eigenvalue weighted by Crippen LogP contribution is -2.18. The van der Waals surface area contributed by atoms with Crippen LogP contribution in [0, 0.1) is 19.8 Å². The molecule has 1 heterocycles. The van der Waals surface area contributed by atoms with E-state index in [2.05, 4.69) is 16.7 Å². The number of amides is 1. The van der Waals surface area contributed by atoms with Gasteiger partial charge in [0.2, 0.25) is 5.91 Å². The van der Waals surface area contributed by atoms with Crippen molar-refractivity contribution in [2.24, 2.45) is 5.92 Å². The SMILES string of the molecule is Cc1cc(C)cc(NC(=O)CC2CCNC2)c1. The van der Waals surface area contributed by atoms with Crippen LogP contribution in [-0.2, 0) is 4.79 Å². The topological polar surface area (TPSA) is 41.1 Å². The van der Waals surface area contributed by atoms with Crippen molar-refractivity contribution in [1.29, 1.82) is 0 Å². The molecule has 2 N–H and O–H groups in total. The molecule has 1 aliphatic rings. The van der Waals surface area contributed by atoms with Gasteiger partial charge >= 0.3 is 0 Å². The molecule has 1 aromatic rings. The van der Waals surface area contributed by atoms with E-state index in [1.54, 1.807) is 0 Å². The summed E-state index contributed by atoms with van der Waals surface area (Å²) in [6, 6.07) is 6.13. The van der Waals surface area contributed by atoms with E-state index in [0.29, 0.717) is 12.3 Å². The normalized spacial score (nSPS) is 19.3. The standard InChI is InChI=1S/C14H20N2O/c1-10-5-11(2)7-13(6-10)16-14(17)8-12-3-4-15-9-12/h5-7,12,15H,3-4,8-9H2,1-2H3,(H,16,17). The quantitative estimate of drug-likeness (QED) is 0.839.